The van der Waals surface area contributed by atoms with Gasteiger partial charge < -0.3 is 1.43 Å². The van der Waals surface area contributed by atoms with E-state index >= 15 is 0 Å². The van der Waals surface area contributed by atoms with E-state index < -0.39 is 10.2 Å². The average molecular weight is 172 g/mol. The van der Waals surface area contributed by atoms with Crippen LogP contribution in [0.1, 0.15) is 1.43 Å². The normalized spacial score (nSPS) is 8.00. The van der Waals surface area contributed by atoms with Gasteiger partial charge in [0.2, 0.25) is 0 Å². The summed E-state index contributed by atoms with van der Waals surface area (Å²) in [7, 11) is -4.27. The fourth-order valence-corrected chi connectivity index (χ4v) is 0.326. The number of hydrogen-bond acceptors (Lipinski definition) is 2. The van der Waals surface area contributed by atoms with Gasteiger partial charge in [-0.15, -0.1) is 0 Å². The van der Waals surface area contributed by atoms with E-state index in [-0.39, 0.29) is 31.0 Å². The Bertz CT molecular complexity index is 258. The Labute approximate surface area is 79.4 Å². The molecule has 0 N–H and O–H groups in total. The van der Waals surface area contributed by atoms with Gasteiger partial charge in [-0.25, -0.2) is 8.42 Å². The van der Waals surface area contributed by atoms with E-state index in [0.717, 1.165) is 0 Å². The van der Waals surface area contributed by atoms with Crippen LogP contribution in [0, 0.1) is 0 Å². The summed E-state index contributed by atoms with van der Waals surface area (Å²) in [5.74, 6) is 0. The van der Waals surface area contributed by atoms with Gasteiger partial charge in [0, 0.05) is 18.9 Å². The standard InChI is InChI=1S/N6O2S.Na.H/c1-3-5-9(7,8)6-4-2;;/q;+1;-1. The third-order valence-corrected chi connectivity index (χ3v) is 0.838. The molecular weight excluding hydrogens is 171 g/mol. The second-order valence-corrected chi connectivity index (χ2v) is 2.01. The van der Waals surface area contributed by atoms with Gasteiger partial charge in [0.1, 0.15) is 0 Å². The number of azide groups is 1. The Morgan fingerprint density at radius 3 is 1.70 bits per heavy atom. The van der Waals surface area contributed by atoms with Crippen LogP contribution in [0.4, 0.5) is 0 Å². The van der Waals surface area contributed by atoms with Crippen molar-refractivity contribution in [3.05, 3.63) is 20.9 Å². The van der Waals surface area contributed by atoms with E-state index in [2.05, 4.69) is 9.04 Å². The van der Waals surface area contributed by atoms with Crippen molar-refractivity contribution in [2.75, 3.05) is 0 Å². The van der Waals surface area contributed by atoms with Gasteiger partial charge in [0.05, 0.1) is 0 Å². The minimum absolute atomic E-state index is 0. The van der Waals surface area contributed by atoms with Crippen LogP contribution in [0.15, 0.2) is 9.04 Å². The summed E-state index contributed by atoms with van der Waals surface area (Å²) < 4.78 is 24.3. The maximum Gasteiger partial charge on any atom is 1.00 e. The van der Waals surface area contributed by atoms with E-state index in [1.54, 1.807) is 0 Å². The zero-order chi connectivity index (χ0) is 7.33. The summed E-state index contributed by atoms with van der Waals surface area (Å²) in [5.41, 5.74) is 15.0. The zero-order valence-corrected chi connectivity index (χ0v) is 7.72. The third-order valence-electron chi connectivity index (χ3n) is 0.279. The molecule has 0 bridgehead atoms. The van der Waals surface area contributed by atoms with Crippen molar-refractivity contribution < 1.29 is 39.4 Å². The predicted octanol–water partition coefficient (Wildman–Crippen LogP) is -2.03. The molecule has 0 spiro atoms. The number of hydrogen-bond donors (Lipinski definition) is 0. The first kappa shape index (κ1) is 12.3. The van der Waals surface area contributed by atoms with Crippen molar-refractivity contribution in [3.63, 3.8) is 0 Å². The molecule has 0 aliphatic rings. The Balaban J connectivity index is -0.000000320. The maximum absolute atomic E-state index is 9.99. The summed E-state index contributed by atoms with van der Waals surface area (Å²) in [6, 6.07) is 0. The molecule has 0 saturated heterocycles. The van der Waals surface area contributed by atoms with Crippen LogP contribution in [0.25, 0.3) is 20.9 Å². The Hall–Kier alpha value is -0.430. The van der Waals surface area contributed by atoms with Crippen LogP contribution >= 0.6 is 0 Å². The van der Waals surface area contributed by atoms with Gasteiger partial charge in [0.15, 0.2) is 0 Å². The van der Waals surface area contributed by atoms with Gasteiger partial charge in [-0.05, 0) is 11.1 Å². The third kappa shape index (κ3) is 5.70. The number of nitrogens with zero attached hydrogens (tertiary/aromatic N) is 6. The van der Waals surface area contributed by atoms with Crippen molar-refractivity contribution in [1.82, 2.24) is 0 Å². The molecule has 0 aromatic carbocycles. The summed E-state index contributed by atoms with van der Waals surface area (Å²) in [6.45, 7) is 0. The molecule has 0 aliphatic carbocycles. The van der Waals surface area contributed by atoms with E-state index in [0.29, 0.717) is 0 Å². The molecule has 10 heteroatoms. The fourth-order valence-electron chi connectivity index (χ4n) is 0.109. The van der Waals surface area contributed by atoms with Gasteiger partial charge >= 0.3 is 39.8 Å². The second-order valence-electron chi connectivity index (χ2n) is 0.790. The van der Waals surface area contributed by atoms with Gasteiger partial charge in [-0.1, -0.05) is 0 Å². The van der Waals surface area contributed by atoms with Gasteiger partial charge in [-0.3, -0.25) is 0 Å². The second kappa shape index (κ2) is 5.36. The van der Waals surface area contributed by atoms with Crippen LogP contribution in [0.2, 0.25) is 0 Å². The predicted molar refractivity (Wildman–Crippen MR) is 28.3 cm³/mol. The summed E-state index contributed by atoms with van der Waals surface area (Å²) in [4.78, 5) is 3.80. The molecule has 10 heavy (non-hydrogen) atoms. The Morgan fingerprint density at radius 2 is 1.50 bits per heavy atom. The topological polar surface area (TPSA) is 132 Å². The molecule has 50 valence electrons. The van der Waals surface area contributed by atoms with Crippen LogP contribution in [-0.4, -0.2) is 8.42 Å². The van der Waals surface area contributed by atoms with Crippen molar-refractivity contribution in [3.8, 4) is 0 Å². The molecule has 0 unspecified atom stereocenters. The molecule has 0 atom stereocenters. The van der Waals surface area contributed by atoms with E-state index in [9.17, 15) is 8.42 Å². The monoisotopic (exact) mass is 172 g/mol. The molecule has 0 radical (unpaired) electrons. The van der Waals surface area contributed by atoms with Crippen LogP contribution in [-0.2, 0) is 10.2 Å². The summed E-state index contributed by atoms with van der Waals surface area (Å²) in [6.07, 6.45) is 0. The molecule has 0 aromatic heterocycles. The quantitative estimate of drug-likeness (QED) is 0.205. The smallest absolute Gasteiger partial charge is 1.00 e. The minimum atomic E-state index is -4.27. The first-order valence-corrected chi connectivity index (χ1v) is 2.90. The van der Waals surface area contributed by atoms with Crippen molar-refractivity contribution in [2.24, 2.45) is 9.04 Å². The zero-order valence-electron chi connectivity index (χ0n) is 5.91. The molecule has 8 nitrogen and oxygen atoms in total. The minimum Gasteiger partial charge on any atom is -1.00 e. The Morgan fingerprint density at radius 1 is 1.20 bits per heavy atom. The maximum atomic E-state index is 9.99. The molecule has 0 amide bonds. The van der Waals surface area contributed by atoms with Crippen molar-refractivity contribution in [1.29, 1.82) is 0 Å². The van der Waals surface area contributed by atoms with Crippen LogP contribution < -0.4 is 29.6 Å². The molecular formula is HN6NaO2S. The first-order valence-electron chi connectivity index (χ1n) is 1.50. The largest absolute Gasteiger partial charge is 1.00 e. The number of rotatable bonds is 2. The van der Waals surface area contributed by atoms with Crippen LogP contribution in [0.3, 0.4) is 0 Å². The van der Waals surface area contributed by atoms with Crippen LogP contribution in [0.5, 0.6) is 0 Å². The molecule has 0 rings (SSSR count). The summed E-state index contributed by atoms with van der Waals surface area (Å²) >= 11 is 0. The Kier molecular flexibility index (Phi) is 6.58. The molecule has 0 heterocycles. The van der Waals surface area contributed by atoms with Crippen molar-refractivity contribution >= 4 is 10.2 Å². The van der Waals surface area contributed by atoms with Crippen molar-refractivity contribution in [2.45, 2.75) is 0 Å². The SMILES string of the molecule is [H-].[N-]=[N+]=NS(=O)(=O)N=[N+]=[N-].[Na+]. The average Bonchev–Trinajstić information content (AvgIpc) is 1.64. The van der Waals surface area contributed by atoms with Gasteiger partial charge in [-0.2, -0.15) is 0 Å². The first-order chi connectivity index (χ1) is 4.12. The molecule has 0 aromatic rings. The summed E-state index contributed by atoms with van der Waals surface area (Å²) in [5, 5.41) is 0. The van der Waals surface area contributed by atoms with E-state index in [1.807, 2.05) is 9.82 Å². The van der Waals surface area contributed by atoms with E-state index in [4.69, 9.17) is 11.1 Å². The fraction of sp³-hybridized carbons (Fsp3) is 0. The van der Waals surface area contributed by atoms with E-state index in [1.165, 1.54) is 0 Å². The molecule has 0 saturated carbocycles. The van der Waals surface area contributed by atoms with Gasteiger partial charge in [0.25, 0.3) is 0 Å². The molecule has 0 fully saturated rings. The molecule has 0 aliphatic heterocycles.